The first-order chi connectivity index (χ1) is 8.13. The standard InChI is InChI=1S/C12H16FNO3/c1-9-3-4-10(7-11(9)13)17-8-12(15)14-5-6-16-2/h3-4,7H,5-6,8H2,1-2H3,(H,14,15). The van der Waals surface area contributed by atoms with Crippen LogP contribution in [0.3, 0.4) is 0 Å². The molecule has 1 aromatic carbocycles. The van der Waals surface area contributed by atoms with Crippen molar-refractivity contribution in [1.82, 2.24) is 5.32 Å². The van der Waals surface area contributed by atoms with Crippen molar-refractivity contribution in [2.75, 3.05) is 26.9 Å². The van der Waals surface area contributed by atoms with Gasteiger partial charge in [0.05, 0.1) is 6.61 Å². The van der Waals surface area contributed by atoms with Gasteiger partial charge in [0.25, 0.3) is 5.91 Å². The fourth-order valence-electron chi connectivity index (χ4n) is 1.16. The van der Waals surface area contributed by atoms with E-state index in [0.717, 1.165) is 0 Å². The number of benzene rings is 1. The van der Waals surface area contributed by atoms with Crippen LogP contribution in [0.5, 0.6) is 5.75 Å². The minimum absolute atomic E-state index is 0.133. The number of hydrogen-bond acceptors (Lipinski definition) is 3. The zero-order valence-electron chi connectivity index (χ0n) is 9.96. The summed E-state index contributed by atoms with van der Waals surface area (Å²) in [5, 5.41) is 2.60. The summed E-state index contributed by atoms with van der Waals surface area (Å²) in [6, 6.07) is 4.49. The summed E-state index contributed by atoms with van der Waals surface area (Å²) < 4.78 is 23.1. The summed E-state index contributed by atoms with van der Waals surface area (Å²) in [5.41, 5.74) is 0.543. The highest BCUT2D eigenvalue weighted by Gasteiger charge is 2.04. The van der Waals surface area contributed by atoms with Crippen molar-refractivity contribution in [3.8, 4) is 5.75 Å². The Balaban J connectivity index is 2.34. The lowest BCUT2D eigenvalue weighted by atomic mass is 10.2. The van der Waals surface area contributed by atoms with Crippen LogP contribution in [-0.4, -0.2) is 32.8 Å². The zero-order valence-corrected chi connectivity index (χ0v) is 9.96. The van der Waals surface area contributed by atoms with Crippen LogP contribution in [0, 0.1) is 12.7 Å². The SMILES string of the molecule is COCCNC(=O)COc1ccc(C)c(F)c1. The number of amides is 1. The molecule has 1 rings (SSSR count). The van der Waals surface area contributed by atoms with Crippen LogP contribution in [0.1, 0.15) is 5.56 Å². The lowest BCUT2D eigenvalue weighted by Crippen LogP contribution is -2.31. The smallest absolute Gasteiger partial charge is 0.258 e. The minimum Gasteiger partial charge on any atom is -0.484 e. The average molecular weight is 241 g/mol. The van der Waals surface area contributed by atoms with E-state index in [1.54, 1.807) is 26.2 Å². The maximum absolute atomic E-state index is 13.2. The Morgan fingerprint density at radius 3 is 2.88 bits per heavy atom. The Labute approximate surface area is 99.7 Å². The lowest BCUT2D eigenvalue weighted by Gasteiger charge is -2.07. The summed E-state index contributed by atoms with van der Waals surface area (Å²) >= 11 is 0. The maximum Gasteiger partial charge on any atom is 0.258 e. The number of halogens is 1. The molecule has 1 N–H and O–H groups in total. The summed E-state index contributed by atoms with van der Waals surface area (Å²) in [7, 11) is 1.55. The van der Waals surface area contributed by atoms with Gasteiger partial charge in [-0.3, -0.25) is 4.79 Å². The molecule has 4 nitrogen and oxygen atoms in total. The van der Waals surface area contributed by atoms with Gasteiger partial charge in [-0.05, 0) is 18.6 Å². The molecule has 0 atom stereocenters. The lowest BCUT2D eigenvalue weighted by molar-refractivity contribution is -0.123. The second-order valence-electron chi connectivity index (χ2n) is 3.54. The summed E-state index contributed by atoms with van der Waals surface area (Å²) in [4.78, 5) is 11.3. The van der Waals surface area contributed by atoms with Gasteiger partial charge in [-0.25, -0.2) is 4.39 Å². The second-order valence-corrected chi connectivity index (χ2v) is 3.54. The Morgan fingerprint density at radius 2 is 2.24 bits per heavy atom. The van der Waals surface area contributed by atoms with Gasteiger partial charge in [0, 0.05) is 19.7 Å². The van der Waals surface area contributed by atoms with Gasteiger partial charge < -0.3 is 14.8 Å². The van der Waals surface area contributed by atoms with Crippen LogP contribution in [-0.2, 0) is 9.53 Å². The molecule has 17 heavy (non-hydrogen) atoms. The highest BCUT2D eigenvalue weighted by molar-refractivity contribution is 5.77. The van der Waals surface area contributed by atoms with Gasteiger partial charge in [-0.15, -0.1) is 0 Å². The largest absolute Gasteiger partial charge is 0.484 e. The molecule has 0 radical (unpaired) electrons. The third-order valence-corrected chi connectivity index (χ3v) is 2.14. The molecule has 0 aliphatic carbocycles. The van der Waals surface area contributed by atoms with Crippen molar-refractivity contribution in [1.29, 1.82) is 0 Å². The highest BCUT2D eigenvalue weighted by Crippen LogP contribution is 2.15. The van der Waals surface area contributed by atoms with Crippen molar-refractivity contribution >= 4 is 5.91 Å². The predicted octanol–water partition coefficient (Wildman–Crippen LogP) is 1.28. The topological polar surface area (TPSA) is 47.6 Å². The molecule has 0 spiro atoms. The third kappa shape index (κ3) is 4.82. The van der Waals surface area contributed by atoms with Crippen LogP contribution >= 0.6 is 0 Å². The Hall–Kier alpha value is -1.62. The Morgan fingerprint density at radius 1 is 1.47 bits per heavy atom. The van der Waals surface area contributed by atoms with E-state index in [1.807, 2.05) is 0 Å². The molecule has 94 valence electrons. The molecular weight excluding hydrogens is 225 g/mol. The number of aryl methyl sites for hydroxylation is 1. The van der Waals surface area contributed by atoms with E-state index in [1.165, 1.54) is 6.07 Å². The van der Waals surface area contributed by atoms with E-state index in [-0.39, 0.29) is 18.3 Å². The fourth-order valence-corrected chi connectivity index (χ4v) is 1.16. The van der Waals surface area contributed by atoms with Gasteiger partial charge >= 0.3 is 0 Å². The third-order valence-electron chi connectivity index (χ3n) is 2.14. The van der Waals surface area contributed by atoms with Crippen molar-refractivity contribution in [3.05, 3.63) is 29.6 Å². The van der Waals surface area contributed by atoms with Crippen molar-refractivity contribution in [2.45, 2.75) is 6.92 Å². The molecule has 0 saturated carbocycles. The first-order valence-electron chi connectivity index (χ1n) is 5.28. The second kappa shape index (κ2) is 6.85. The quantitative estimate of drug-likeness (QED) is 0.763. The Bertz CT molecular complexity index is 382. The first kappa shape index (κ1) is 13.4. The van der Waals surface area contributed by atoms with Gasteiger partial charge in [0.2, 0.25) is 0 Å². The van der Waals surface area contributed by atoms with Crippen molar-refractivity contribution in [2.24, 2.45) is 0 Å². The molecule has 1 aromatic rings. The number of hydrogen-bond donors (Lipinski definition) is 1. The number of methoxy groups -OCH3 is 1. The summed E-state index contributed by atoms with van der Waals surface area (Å²) in [6.45, 7) is 2.41. The molecule has 0 aliphatic heterocycles. The molecule has 0 saturated heterocycles. The monoisotopic (exact) mass is 241 g/mol. The number of rotatable bonds is 6. The number of ether oxygens (including phenoxy) is 2. The van der Waals surface area contributed by atoms with Gasteiger partial charge in [-0.1, -0.05) is 6.07 Å². The molecule has 0 aliphatic rings. The van der Waals surface area contributed by atoms with Crippen molar-refractivity contribution < 1.29 is 18.7 Å². The van der Waals surface area contributed by atoms with E-state index in [9.17, 15) is 9.18 Å². The maximum atomic E-state index is 13.2. The molecular formula is C12H16FNO3. The van der Waals surface area contributed by atoms with E-state index >= 15 is 0 Å². The van der Waals surface area contributed by atoms with Gasteiger partial charge in [0.15, 0.2) is 6.61 Å². The predicted molar refractivity (Wildman–Crippen MR) is 61.5 cm³/mol. The van der Waals surface area contributed by atoms with Gasteiger partial charge in [-0.2, -0.15) is 0 Å². The van der Waals surface area contributed by atoms with Gasteiger partial charge in [0.1, 0.15) is 11.6 Å². The van der Waals surface area contributed by atoms with Crippen LogP contribution in [0.2, 0.25) is 0 Å². The molecule has 0 fully saturated rings. The minimum atomic E-state index is -0.345. The van der Waals surface area contributed by atoms with E-state index in [4.69, 9.17) is 9.47 Å². The summed E-state index contributed by atoms with van der Waals surface area (Å²) in [6.07, 6.45) is 0. The molecule has 0 unspecified atom stereocenters. The van der Waals surface area contributed by atoms with Crippen LogP contribution in [0.4, 0.5) is 4.39 Å². The number of carbonyl (C=O) groups excluding carboxylic acids is 1. The Kier molecular flexibility index (Phi) is 5.42. The van der Waals surface area contributed by atoms with Crippen LogP contribution in [0.15, 0.2) is 18.2 Å². The molecule has 0 heterocycles. The van der Waals surface area contributed by atoms with Crippen molar-refractivity contribution in [3.63, 3.8) is 0 Å². The fraction of sp³-hybridized carbons (Fsp3) is 0.417. The molecule has 0 bridgehead atoms. The normalized spacial score (nSPS) is 10.1. The first-order valence-corrected chi connectivity index (χ1v) is 5.28. The van der Waals surface area contributed by atoms with E-state index in [2.05, 4.69) is 5.32 Å². The molecule has 0 aromatic heterocycles. The zero-order chi connectivity index (χ0) is 12.7. The number of carbonyl (C=O) groups is 1. The number of nitrogens with one attached hydrogen (secondary N) is 1. The van der Waals surface area contributed by atoms with Crippen LogP contribution in [0.25, 0.3) is 0 Å². The average Bonchev–Trinajstić information content (AvgIpc) is 2.31. The van der Waals surface area contributed by atoms with E-state index in [0.29, 0.717) is 24.5 Å². The molecule has 5 heteroatoms. The highest BCUT2D eigenvalue weighted by atomic mass is 19.1. The summed E-state index contributed by atoms with van der Waals surface area (Å²) in [5.74, 6) is -0.264. The van der Waals surface area contributed by atoms with Crippen LogP contribution < -0.4 is 10.1 Å². The van der Waals surface area contributed by atoms with E-state index < -0.39 is 0 Å². The molecule has 1 amide bonds.